The molecule has 0 unspecified atom stereocenters. The molecule has 4 heteroatoms. The van der Waals surface area contributed by atoms with Gasteiger partial charge < -0.3 is 14.7 Å². The van der Waals surface area contributed by atoms with E-state index in [0.29, 0.717) is 24.3 Å². The summed E-state index contributed by atoms with van der Waals surface area (Å²) in [6, 6.07) is 4.38. The molecule has 0 aliphatic carbocycles. The number of hydrogen-bond acceptors (Lipinski definition) is 3. The fourth-order valence-electron chi connectivity index (χ4n) is 2.42. The summed E-state index contributed by atoms with van der Waals surface area (Å²) >= 11 is 0. The van der Waals surface area contributed by atoms with E-state index in [1.54, 1.807) is 6.07 Å². The third-order valence-electron chi connectivity index (χ3n) is 3.48. The van der Waals surface area contributed by atoms with Gasteiger partial charge in [-0.25, -0.2) is 4.39 Å². The summed E-state index contributed by atoms with van der Waals surface area (Å²) in [4.78, 5) is 2.44. The van der Waals surface area contributed by atoms with Crippen LogP contribution in [-0.2, 0) is 0 Å². The molecule has 0 amide bonds. The van der Waals surface area contributed by atoms with Gasteiger partial charge in [-0.15, -0.1) is 0 Å². The summed E-state index contributed by atoms with van der Waals surface area (Å²) in [6.07, 6.45) is 3.93. The van der Waals surface area contributed by atoms with Crippen LogP contribution in [0.5, 0.6) is 5.75 Å². The van der Waals surface area contributed by atoms with Crippen molar-refractivity contribution in [2.24, 2.45) is 0 Å². The number of halogens is 1. The van der Waals surface area contributed by atoms with Gasteiger partial charge in [-0.05, 0) is 50.6 Å². The number of benzene rings is 1. The zero-order chi connectivity index (χ0) is 14.9. The van der Waals surface area contributed by atoms with Crippen molar-refractivity contribution >= 4 is 0 Å². The molecule has 1 heterocycles. The van der Waals surface area contributed by atoms with Crippen molar-refractivity contribution in [3.05, 3.63) is 29.6 Å². The van der Waals surface area contributed by atoms with Gasteiger partial charge in [0.2, 0.25) is 0 Å². The molecule has 1 fully saturated rings. The van der Waals surface area contributed by atoms with Gasteiger partial charge in [0.05, 0.1) is 18.8 Å². The van der Waals surface area contributed by atoms with Crippen molar-refractivity contribution in [1.82, 2.24) is 4.90 Å². The molecular weight excluding hydrogens is 269 g/mol. The number of nitrogens with zero attached hydrogens (tertiary/aromatic N) is 1. The second-order valence-electron chi connectivity index (χ2n) is 5.17. The van der Waals surface area contributed by atoms with E-state index in [0.717, 1.165) is 13.0 Å². The predicted octanol–water partition coefficient (Wildman–Crippen LogP) is 2.42. The maximum Gasteiger partial charge on any atom is 0.135 e. The van der Waals surface area contributed by atoms with Gasteiger partial charge in [0.25, 0.3) is 0 Å². The first-order chi connectivity index (χ1) is 10.3. The summed E-state index contributed by atoms with van der Waals surface area (Å²) in [5.41, 5.74) is 0.546. The molecule has 1 aliphatic heterocycles. The normalized spacial score (nSPS) is 14.8. The van der Waals surface area contributed by atoms with Crippen LogP contribution in [-0.4, -0.2) is 42.9 Å². The quantitative estimate of drug-likeness (QED) is 0.645. The van der Waals surface area contributed by atoms with Crippen LogP contribution in [0.25, 0.3) is 0 Å². The lowest BCUT2D eigenvalue weighted by molar-refractivity contribution is 0.262. The highest BCUT2D eigenvalue weighted by Crippen LogP contribution is 2.19. The van der Waals surface area contributed by atoms with Crippen LogP contribution in [0.15, 0.2) is 18.2 Å². The Morgan fingerprint density at radius 1 is 1.29 bits per heavy atom. The fourth-order valence-corrected chi connectivity index (χ4v) is 2.42. The maximum absolute atomic E-state index is 13.3. The molecule has 0 aromatic heterocycles. The zero-order valence-corrected chi connectivity index (χ0v) is 12.3. The molecule has 1 aromatic carbocycles. The van der Waals surface area contributed by atoms with Crippen molar-refractivity contribution in [2.45, 2.75) is 25.7 Å². The van der Waals surface area contributed by atoms with Crippen molar-refractivity contribution in [3.8, 4) is 17.6 Å². The van der Waals surface area contributed by atoms with E-state index >= 15 is 0 Å². The average Bonchev–Trinajstić information content (AvgIpc) is 2.99. The largest absolute Gasteiger partial charge is 0.492 e. The van der Waals surface area contributed by atoms with Crippen molar-refractivity contribution in [3.63, 3.8) is 0 Å². The number of aliphatic hydroxyl groups excluding tert-OH is 1. The number of aliphatic hydroxyl groups is 1. The second kappa shape index (κ2) is 8.66. The zero-order valence-electron chi connectivity index (χ0n) is 12.3. The maximum atomic E-state index is 13.3. The van der Waals surface area contributed by atoms with Crippen LogP contribution < -0.4 is 4.74 Å². The Morgan fingerprint density at radius 3 is 2.86 bits per heavy atom. The monoisotopic (exact) mass is 291 g/mol. The van der Waals surface area contributed by atoms with Gasteiger partial charge >= 0.3 is 0 Å². The lowest BCUT2D eigenvalue weighted by atomic mass is 10.2. The Bertz CT molecular complexity index is 501. The molecule has 2 rings (SSSR count). The smallest absolute Gasteiger partial charge is 0.135 e. The topological polar surface area (TPSA) is 32.7 Å². The predicted molar refractivity (Wildman–Crippen MR) is 80.8 cm³/mol. The minimum atomic E-state index is -0.326. The van der Waals surface area contributed by atoms with Gasteiger partial charge in [-0.1, -0.05) is 11.8 Å². The molecule has 0 atom stereocenters. The van der Waals surface area contributed by atoms with Crippen LogP contribution in [0.2, 0.25) is 0 Å². The van der Waals surface area contributed by atoms with Crippen LogP contribution >= 0.6 is 0 Å². The molecule has 1 aliphatic rings. The second-order valence-corrected chi connectivity index (χ2v) is 5.17. The molecule has 0 saturated carbocycles. The third kappa shape index (κ3) is 5.37. The summed E-state index contributed by atoms with van der Waals surface area (Å²) in [5, 5.41) is 8.73. The highest BCUT2D eigenvalue weighted by Gasteiger charge is 2.10. The Balaban J connectivity index is 1.85. The van der Waals surface area contributed by atoms with Gasteiger partial charge in [-0.3, -0.25) is 0 Å². The van der Waals surface area contributed by atoms with Crippen LogP contribution in [0.4, 0.5) is 4.39 Å². The Labute approximate surface area is 125 Å². The van der Waals surface area contributed by atoms with Crippen LogP contribution in [0, 0.1) is 17.7 Å². The number of hydrogen-bond donors (Lipinski definition) is 1. The molecule has 1 N–H and O–H groups in total. The molecule has 0 bridgehead atoms. The molecular formula is C17H22FNO2. The van der Waals surface area contributed by atoms with Gasteiger partial charge in [0, 0.05) is 13.0 Å². The summed E-state index contributed by atoms with van der Waals surface area (Å²) in [5.74, 6) is 5.94. The number of rotatable bonds is 6. The lowest BCUT2D eigenvalue weighted by Gasteiger charge is -2.14. The molecule has 0 spiro atoms. The van der Waals surface area contributed by atoms with E-state index < -0.39 is 0 Å². The highest BCUT2D eigenvalue weighted by molar-refractivity contribution is 5.46. The van der Waals surface area contributed by atoms with E-state index in [-0.39, 0.29) is 12.4 Å². The van der Waals surface area contributed by atoms with E-state index in [4.69, 9.17) is 9.84 Å². The molecule has 3 nitrogen and oxygen atoms in total. The SMILES string of the molecule is OCCC#Cc1cc(F)ccc1OCCCN1CCCC1. The van der Waals surface area contributed by atoms with Crippen molar-refractivity contribution in [1.29, 1.82) is 0 Å². The van der Waals surface area contributed by atoms with Crippen LogP contribution in [0.3, 0.4) is 0 Å². The first kappa shape index (κ1) is 15.8. The van der Waals surface area contributed by atoms with Crippen LogP contribution in [0.1, 0.15) is 31.2 Å². The third-order valence-corrected chi connectivity index (χ3v) is 3.48. The summed E-state index contributed by atoms with van der Waals surface area (Å²) < 4.78 is 19.0. The minimum absolute atomic E-state index is 0.00827. The standard InChI is InChI=1S/C17H22FNO2/c18-16-7-8-17(15(14-16)6-1-4-12-20)21-13-5-11-19-9-2-3-10-19/h7-8,14,20H,2-5,9-13H2. The highest BCUT2D eigenvalue weighted by atomic mass is 19.1. The number of ether oxygens (including phenoxy) is 1. The number of likely N-dealkylation sites (tertiary alicyclic amines) is 1. The van der Waals surface area contributed by atoms with E-state index in [1.165, 1.54) is 38.1 Å². The van der Waals surface area contributed by atoms with E-state index in [1.807, 2.05) is 0 Å². The van der Waals surface area contributed by atoms with Gasteiger partial charge in [0.1, 0.15) is 11.6 Å². The van der Waals surface area contributed by atoms with Crippen molar-refractivity contribution < 1.29 is 14.2 Å². The van der Waals surface area contributed by atoms with Crippen molar-refractivity contribution in [2.75, 3.05) is 32.8 Å². The Kier molecular flexibility index (Phi) is 6.52. The molecule has 0 radical (unpaired) electrons. The van der Waals surface area contributed by atoms with Gasteiger partial charge in [0.15, 0.2) is 0 Å². The first-order valence-corrected chi connectivity index (χ1v) is 7.54. The van der Waals surface area contributed by atoms with E-state index in [9.17, 15) is 4.39 Å². The molecule has 21 heavy (non-hydrogen) atoms. The Morgan fingerprint density at radius 2 is 2.10 bits per heavy atom. The average molecular weight is 291 g/mol. The summed E-state index contributed by atoms with van der Waals surface area (Å²) in [7, 11) is 0. The fraction of sp³-hybridized carbons (Fsp3) is 0.529. The lowest BCUT2D eigenvalue weighted by Crippen LogP contribution is -2.22. The summed E-state index contributed by atoms with van der Waals surface area (Å²) in [6.45, 7) is 4.04. The minimum Gasteiger partial charge on any atom is -0.492 e. The first-order valence-electron chi connectivity index (χ1n) is 7.54. The Hall–Kier alpha value is -1.57. The molecule has 1 aromatic rings. The molecule has 114 valence electrons. The van der Waals surface area contributed by atoms with E-state index in [2.05, 4.69) is 16.7 Å². The van der Waals surface area contributed by atoms with Gasteiger partial charge in [-0.2, -0.15) is 0 Å². The molecule has 1 saturated heterocycles.